The minimum atomic E-state index is 0.821. The number of aryl methyl sites for hydroxylation is 1. The highest BCUT2D eigenvalue weighted by Crippen LogP contribution is 2.35. The fraction of sp³-hybridized carbons (Fsp3) is 0.208. The Balaban J connectivity index is 1.88. The first-order valence-corrected chi connectivity index (χ1v) is 9.56. The average Bonchev–Trinajstić information content (AvgIpc) is 3.31. The maximum Gasteiger partial charge on any atom is 0.155 e. The second-order valence-corrected chi connectivity index (χ2v) is 7.14. The van der Waals surface area contributed by atoms with Gasteiger partial charge in [-0.25, -0.2) is 4.98 Å². The number of methoxy groups -OCH3 is 2. The molecule has 2 N–H and O–H groups in total. The maximum atomic E-state index is 5.31. The largest absolute Gasteiger partial charge is 0.497 e. The molecule has 0 saturated carbocycles. The highest BCUT2D eigenvalue weighted by molar-refractivity contribution is 5.81. The van der Waals surface area contributed by atoms with Crippen molar-refractivity contribution in [3.8, 4) is 45.5 Å². The van der Waals surface area contributed by atoms with Gasteiger partial charge in [-0.3, -0.25) is 0 Å². The van der Waals surface area contributed by atoms with Crippen LogP contribution in [0.25, 0.3) is 34.0 Å². The molecular formula is C24H25N3O2. The Morgan fingerprint density at radius 3 is 1.69 bits per heavy atom. The Bertz CT molecular complexity index is 1070. The first kappa shape index (κ1) is 18.9. The minimum Gasteiger partial charge on any atom is -0.497 e. The van der Waals surface area contributed by atoms with E-state index in [0.717, 1.165) is 51.2 Å². The molecule has 0 radical (unpaired) electrons. The molecule has 0 bridgehead atoms. The van der Waals surface area contributed by atoms with Crippen molar-refractivity contribution in [1.82, 2.24) is 15.0 Å². The molecule has 29 heavy (non-hydrogen) atoms. The average molecular weight is 387 g/mol. The summed E-state index contributed by atoms with van der Waals surface area (Å²) in [4.78, 5) is 12.0. The van der Waals surface area contributed by atoms with Crippen LogP contribution in [0.2, 0.25) is 0 Å². The van der Waals surface area contributed by atoms with Crippen LogP contribution in [-0.2, 0) is 0 Å². The third kappa shape index (κ3) is 3.40. The number of benzene rings is 2. The van der Waals surface area contributed by atoms with Crippen molar-refractivity contribution in [2.24, 2.45) is 0 Å². The normalized spacial score (nSPS) is 10.9. The van der Waals surface area contributed by atoms with E-state index in [1.54, 1.807) is 14.2 Å². The topological polar surface area (TPSA) is 62.9 Å². The van der Waals surface area contributed by atoms with Gasteiger partial charge in [-0.15, -0.1) is 0 Å². The number of nitrogens with zero attached hydrogens (tertiary/aromatic N) is 1. The van der Waals surface area contributed by atoms with Gasteiger partial charge in [0.05, 0.1) is 31.3 Å². The molecule has 2 heterocycles. The van der Waals surface area contributed by atoms with Gasteiger partial charge in [0.15, 0.2) is 5.82 Å². The Kier molecular flexibility index (Phi) is 4.89. The van der Waals surface area contributed by atoms with Crippen LogP contribution in [0.15, 0.2) is 48.5 Å². The highest BCUT2D eigenvalue weighted by atomic mass is 16.5. The van der Waals surface area contributed by atoms with Gasteiger partial charge in [-0.05, 0) is 80.4 Å². The number of aromatic amines is 2. The van der Waals surface area contributed by atoms with Crippen LogP contribution in [0, 0.1) is 20.8 Å². The molecule has 0 fully saturated rings. The molecule has 2 aromatic carbocycles. The van der Waals surface area contributed by atoms with Crippen molar-refractivity contribution in [2.45, 2.75) is 20.8 Å². The fourth-order valence-electron chi connectivity index (χ4n) is 3.50. The maximum absolute atomic E-state index is 5.31. The third-order valence-electron chi connectivity index (χ3n) is 5.50. The Morgan fingerprint density at radius 1 is 0.655 bits per heavy atom. The van der Waals surface area contributed by atoms with Crippen molar-refractivity contribution >= 4 is 0 Å². The summed E-state index contributed by atoms with van der Waals surface area (Å²) in [7, 11) is 3.34. The Labute approximate surface area is 170 Å². The van der Waals surface area contributed by atoms with Gasteiger partial charge >= 0.3 is 0 Å². The van der Waals surface area contributed by atoms with Crippen molar-refractivity contribution in [3.63, 3.8) is 0 Å². The van der Waals surface area contributed by atoms with Gasteiger partial charge in [-0.2, -0.15) is 0 Å². The number of hydrogen-bond acceptors (Lipinski definition) is 3. The van der Waals surface area contributed by atoms with Crippen LogP contribution in [0.3, 0.4) is 0 Å². The predicted octanol–water partition coefficient (Wildman–Crippen LogP) is 5.68. The van der Waals surface area contributed by atoms with Crippen LogP contribution in [0.5, 0.6) is 11.5 Å². The van der Waals surface area contributed by atoms with Crippen LogP contribution < -0.4 is 9.47 Å². The summed E-state index contributed by atoms with van der Waals surface area (Å²) < 4.78 is 10.6. The van der Waals surface area contributed by atoms with Crippen molar-refractivity contribution in [2.75, 3.05) is 14.2 Å². The van der Waals surface area contributed by atoms with Crippen LogP contribution in [0.1, 0.15) is 16.8 Å². The molecule has 0 aliphatic heterocycles. The second kappa shape index (κ2) is 7.51. The molecule has 0 atom stereocenters. The lowest BCUT2D eigenvalue weighted by Gasteiger charge is -2.06. The molecule has 0 amide bonds. The molecule has 4 aromatic rings. The van der Waals surface area contributed by atoms with E-state index in [9.17, 15) is 0 Å². The number of aromatic nitrogens is 3. The standard InChI is InChI=1S/C24H25N3O2/c1-14-15(2)21(25-16(14)3)24-26-22(17-6-10-19(28-4)11-7-17)23(27-24)18-8-12-20(29-5)13-9-18/h6-13,25H,1-5H3,(H,26,27). The van der Waals surface area contributed by atoms with Gasteiger partial charge in [0.2, 0.25) is 0 Å². The molecule has 148 valence electrons. The number of hydrogen-bond donors (Lipinski definition) is 2. The zero-order valence-corrected chi connectivity index (χ0v) is 17.4. The summed E-state index contributed by atoms with van der Waals surface area (Å²) >= 11 is 0. The van der Waals surface area contributed by atoms with Crippen LogP contribution in [0.4, 0.5) is 0 Å². The summed E-state index contributed by atoms with van der Waals surface area (Å²) in [6, 6.07) is 16.0. The van der Waals surface area contributed by atoms with E-state index < -0.39 is 0 Å². The molecular weight excluding hydrogens is 362 g/mol. The lowest BCUT2D eigenvalue weighted by Crippen LogP contribution is -1.87. The number of ether oxygens (including phenoxy) is 2. The molecule has 0 unspecified atom stereocenters. The minimum absolute atomic E-state index is 0.821. The van der Waals surface area contributed by atoms with Gasteiger partial charge in [0, 0.05) is 16.8 Å². The van der Waals surface area contributed by atoms with E-state index in [2.05, 4.69) is 30.7 Å². The number of imidazole rings is 1. The summed E-state index contributed by atoms with van der Waals surface area (Å²) in [5.74, 6) is 2.48. The smallest absolute Gasteiger partial charge is 0.155 e. The van der Waals surface area contributed by atoms with Crippen molar-refractivity contribution in [1.29, 1.82) is 0 Å². The van der Waals surface area contributed by atoms with Gasteiger partial charge in [-0.1, -0.05) is 0 Å². The lowest BCUT2D eigenvalue weighted by molar-refractivity contribution is 0.414. The lowest BCUT2D eigenvalue weighted by atomic mass is 10.0. The van der Waals surface area contributed by atoms with E-state index in [4.69, 9.17) is 14.5 Å². The number of nitrogens with one attached hydrogen (secondary N) is 2. The highest BCUT2D eigenvalue weighted by Gasteiger charge is 2.19. The van der Waals surface area contributed by atoms with Crippen molar-refractivity contribution in [3.05, 3.63) is 65.4 Å². The van der Waals surface area contributed by atoms with E-state index in [1.165, 1.54) is 11.1 Å². The van der Waals surface area contributed by atoms with E-state index in [1.807, 2.05) is 48.5 Å². The molecule has 0 saturated heterocycles. The Morgan fingerprint density at radius 2 is 1.21 bits per heavy atom. The first-order valence-electron chi connectivity index (χ1n) is 9.56. The van der Waals surface area contributed by atoms with Gasteiger partial charge in [0.1, 0.15) is 11.5 Å². The molecule has 5 heteroatoms. The third-order valence-corrected chi connectivity index (χ3v) is 5.50. The van der Waals surface area contributed by atoms with Gasteiger partial charge in [0.25, 0.3) is 0 Å². The second-order valence-electron chi connectivity index (χ2n) is 7.14. The molecule has 0 aliphatic carbocycles. The van der Waals surface area contributed by atoms with Gasteiger partial charge < -0.3 is 19.4 Å². The summed E-state index contributed by atoms with van der Waals surface area (Å²) in [6.45, 7) is 6.34. The summed E-state index contributed by atoms with van der Waals surface area (Å²) in [5.41, 5.74) is 8.59. The summed E-state index contributed by atoms with van der Waals surface area (Å²) in [5, 5.41) is 0. The van der Waals surface area contributed by atoms with E-state index in [-0.39, 0.29) is 0 Å². The SMILES string of the molecule is COc1ccc(-c2nc(-c3[nH]c(C)c(C)c3C)[nH]c2-c2ccc(OC)cc2)cc1. The zero-order chi connectivity index (χ0) is 20.5. The predicted molar refractivity (Wildman–Crippen MR) is 117 cm³/mol. The van der Waals surface area contributed by atoms with Crippen LogP contribution in [-0.4, -0.2) is 29.2 Å². The monoisotopic (exact) mass is 387 g/mol. The zero-order valence-electron chi connectivity index (χ0n) is 17.4. The molecule has 4 rings (SSSR count). The molecule has 2 aromatic heterocycles. The fourth-order valence-corrected chi connectivity index (χ4v) is 3.50. The number of rotatable bonds is 5. The first-order chi connectivity index (χ1) is 14.0. The van der Waals surface area contributed by atoms with Crippen molar-refractivity contribution < 1.29 is 9.47 Å². The summed E-state index contributed by atoms with van der Waals surface area (Å²) in [6.07, 6.45) is 0. The van der Waals surface area contributed by atoms with Crippen LogP contribution >= 0.6 is 0 Å². The molecule has 5 nitrogen and oxygen atoms in total. The molecule has 0 spiro atoms. The number of H-pyrrole nitrogens is 2. The molecule has 0 aliphatic rings. The van der Waals surface area contributed by atoms with E-state index in [0.29, 0.717) is 0 Å². The quantitative estimate of drug-likeness (QED) is 0.463. The van der Waals surface area contributed by atoms with E-state index >= 15 is 0 Å². The Hall–Kier alpha value is -3.47.